The first-order valence-corrected chi connectivity index (χ1v) is 12.0. The molecule has 33 heavy (non-hydrogen) atoms. The highest BCUT2D eigenvalue weighted by atomic mass is 35.5. The second-order valence-corrected chi connectivity index (χ2v) is 9.54. The molecule has 0 fully saturated rings. The van der Waals surface area contributed by atoms with Gasteiger partial charge in [-0.15, -0.1) is 0 Å². The topological polar surface area (TPSA) is 93.7 Å². The summed E-state index contributed by atoms with van der Waals surface area (Å²) < 4.78 is 38.5. The number of rotatable bonds is 9. The number of amides is 1. The predicted molar refractivity (Wildman–Crippen MR) is 129 cm³/mol. The molecule has 9 heteroatoms. The van der Waals surface area contributed by atoms with E-state index in [2.05, 4.69) is 10.0 Å². The number of sulfonamides is 1. The average Bonchev–Trinajstić information content (AvgIpc) is 2.79. The normalized spacial score (nSPS) is 11.2. The Morgan fingerprint density at radius 2 is 1.73 bits per heavy atom. The molecule has 0 aromatic heterocycles. The minimum atomic E-state index is -3.79. The molecule has 7 nitrogen and oxygen atoms in total. The summed E-state index contributed by atoms with van der Waals surface area (Å²) >= 11 is 6.25. The van der Waals surface area contributed by atoms with Gasteiger partial charge in [-0.3, -0.25) is 9.52 Å². The number of nitrogens with one attached hydrogen (secondary N) is 2. The molecular weight excluding hydrogens is 464 g/mol. The van der Waals surface area contributed by atoms with Crippen molar-refractivity contribution >= 4 is 33.2 Å². The maximum atomic E-state index is 12.6. The Morgan fingerprint density at radius 1 is 1.00 bits per heavy atom. The van der Waals surface area contributed by atoms with E-state index in [0.29, 0.717) is 17.1 Å². The molecule has 0 aliphatic carbocycles. The Labute approximate surface area is 198 Å². The molecule has 2 N–H and O–H groups in total. The molecule has 0 saturated heterocycles. The van der Waals surface area contributed by atoms with Crippen LogP contribution in [0.4, 0.5) is 5.69 Å². The van der Waals surface area contributed by atoms with Crippen molar-refractivity contribution in [3.8, 4) is 11.5 Å². The molecule has 3 aromatic carbocycles. The van der Waals surface area contributed by atoms with Gasteiger partial charge >= 0.3 is 0 Å². The lowest BCUT2D eigenvalue weighted by molar-refractivity contribution is 0.0951. The Morgan fingerprint density at radius 3 is 2.36 bits per heavy atom. The molecule has 0 radical (unpaired) electrons. The summed E-state index contributed by atoms with van der Waals surface area (Å²) in [6.45, 7) is 4.12. The van der Waals surface area contributed by atoms with Gasteiger partial charge in [-0.05, 0) is 61.9 Å². The van der Waals surface area contributed by atoms with Crippen LogP contribution in [0.2, 0.25) is 5.02 Å². The summed E-state index contributed by atoms with van der Waals surface area (Å²) in [5, 5.41) is 2.93. The highest BCUT2D eigenvalue weighted by Gasteiger charge is 2.17. The van der Waals surface area contributed by atoms with Gasteiger partial charge in [0, 0.05) is 12.1 Å². The number of carbonyl (C=O) groups excluding carboxylic acids is 1. The lowest BCUT2D eigenvalue weighted by Crippen LogP contribution is -2.23. The van der Waals surface area contributed by atoms with Crippen LogP contribution in [-0.4, -0.2) is 27.5 Å². The monoisotopic (exact) mass is 488 g/mol. The molecule has 0 spiro atoms. The van der Waals surface area contributed by atoms with Gasteiger partial charge in [0.15, 0.2) is 11.5 Å². The zero-order chi connectivity index (χ0) is 24.0. The van der Waals surface area contributed by atoms with Crippen molar-refractivity contribution in [3.63, 3.8) is 0 Å². The summed E-state index contributed by atoms with van der Waals surface area (Å²) in [5.41, 5.74) is 1.31. The summed E-state index contributed by atoms with van der Waals surface area (Å²) in [6.07, 6.45) is 0.00865. The van der Waals surface area contributed by atoms with Gasteiger partial charge in [-0.25, -0.2) is 8.42 Å². The number of ether oxygens (including phenoxy) is 2. The van der Waals surface area contributed by atoms with E-state index >= 15 is 0 Å². The molecular formula is C24H25ClN2O5S. The van der Waals surface area contributed by atoms with Gasteiger partial charge < -0.3 is 14.8 Å². The van der Waals surface area contributed by atoms with E-state index in [-0.39, 0.29) is 34.2 Å². The molecule has 0 bridgehead atoms. The van der Waals surface area contributed by atoms with E-state index in [1.54, 1.807) is 37.4 Å². The third-order valence-electron chi connectivity index (χ3n) is 4.57. The second kappa shape index (κ2) is 10.6. The van der Waals surface area contributed by atoms with Gasteiger partial charge in [-0.2, -0.15) is 0 Å². The van der Waals surface area contributed by atoms with Crippen molar-refractivity contribution in [3.05, 3.63) is 82.9 Å². The molecule has 0 saturated carbocycles. The van der Waals surface area contributed by atoms with Crippen molar-refractivity contribution in [2.24, 2.45) is 0 Å². The van der Waals surface area contributed by atoms with Crippen LogP contribution in [0.1, 0.15) is 29.8 Å². The standard InChI is InChI=1S/C24H25ClN2O5S/c1-16(2)32-22-12-9-17(13-23(22)31-3)15-26-24(28)18-10-11-21(20(25)14-18)27-33(29,30)19-7-5-4-6-8-19/h4-14,16,27H,15H2,1-3H3,(H,26,28). The smallest absolute Gasteiger partial charge is 0.261 e. The van der Waals surface area contributed by atoms with Crippen LogP contribution in [0.3, 0.4) is 0 Å². The third kappa shape index (κ3) is 6.40. The SMILES string of the molecule is COc1cc(CNC(=O)c2ccc(NS(=O)(=O)c3ccccc3)c(Cl)c2)ccc1OC(C)C. The first kappa shape index (κ1) is 24.4. The van der Waals surface area contributed by atoms with Crippen molar-refractivity contribution in [2.75, 3.05) is 11.8 Å². The Balaban J connectivity index is 1.67. The van der Waals surface area contributed by atoms with E-state index in [0.717, 1.165) is 5.56 Å². The first-order valence-electron chi connectivity index (χ1n) is 10.2. The second-order valence-electron chi connectivity index (χ2n) is 7.45. The highest BCUT2D eigenvalue weighted by molar-refractivity contribution is 7.92. The van der Waals surface area contributed by atoms with E-state index in [1.807, 2.05) is 19.9 Å². The quantitative estimate of drug-likeness (QED) is 0.448. The lowest BCUT2D eigenvalue weighted by atomic mass is 10.1. The van der Waals surface area contributed by atoms with E-state index in [9.17, 15) is 13.2 Å². The molecule has 0 heterocycles. The van der Waals surface area contributed by atoms with Gasteiger partial charge in [0.1, 0.15) is 0 Å². The molecule has 174 valence electrons. The maximum absolute atomic E-state index is 12.6. The van der Waals surface area contributed by atoms with Crippen LogP contribution in [-0.2, 0) is 16.6 Å². The Bertz CT molecular complexity index is 1230. The molecule has 0 unspecified atom stereocenters. The largest absolute Gasteiger partial charge is 0.493 e. The number of methoxy groups -OCH3 is 1. The first-order chi connectivity index (χ1) is 15.7. The highest BCUT2D eigenvalue weighted by Crippen LogP contribution is 2.29. The number of benzene rings is 3. The maximum Gasteiger partial charge on any atom is 0.261 e. The number of anilines is 1. The predicted octanol–water partition coefficient (Wildman–Crippen LogP) is 4.87. The van der Waals surface area contributed by atoms with Crippen molar-refractivity contribution in [1.29, 1.82) is 0 Å². The Hall–Kier alpha value is -3.23. The number of halogens is 1. The molecule has 3 aromatic rings. The number of hydrogen-bond acceptors (Lipinski definition) is 5. The van der Waals surface area contributed by atoms with Crippen LogP contribution in [0.5, 0.6) is 11.5 Å². The van der Waals surface area contributed by atoms with Crippen LogP contribution >= 0.6 is 11.6 Å². The van der Waals surface area contributed by atoms with E-state index in [1.165, 1.54) is 30.3 Å². The molecule has 0 aliphatic heterocycles. The van der Waals surface area contributed by atoms with Crippen molar-refractivity contribution in [2.45, 2.75) is 31.4 Å². The number of carbonyl (C=O) groups is 1. The Kier molecular flexibility index (Phi) is 7.84. The van der Waals surface area contributed by atoms with Gasteiger partial charge in [0.25, 0.3) is 15.9 Å². The summed E-state index contributed by atoms with van der Waals surface area (Å²) in [5.74, 6) is 0.854. The van der Waals surface area contributed by atoms with Crippen molar-refractivity contribution < 1.29 is 22.7 Å². The number of hydrogen-bond donors (Lipinski definition) is 2. The minimum absolute atomic E-state index is 0.00865. The third-order valence-corrected chi connectivity index (χ3v) is 6.27. The zero-order valence-electron chi connectivity index (χ0n) is 18.5. The molecule has 0 atom stereocenters. The van der Waals surface area contributed by atoms with Crippen LogP contribution in [0.25, 0.3) is 0 Å². The minimum Gasteiger partial charge on any atom is -0.493 e. The molecule has 0 aliphatic rings. The van der Waals surface area contributed by atoms with E-state index in [4.69, 9.17) is 21.1 Å². The van der Waals surface area contributed by atoms with Gasteiger partial charge in [0.2, 0.25) is 0 Å². The van der Waals surface area contributed by atoms with Crippen molar-refractivity contribution in [1.82, 2.24) is 5.32 Å². The molecule has 1 amide bonds. The lowest BCUT2D eigenvalue weighted by Gasteiger charge is -2.15. The molecule has 3 rings (SSSR count). The van der Waals surface area contributed by atoms with Crippen LogP contribution < -0.4 is 19.5 Å². The summed E-state index contributed by atoms with van der Waals surface area (Å²) in [6, 6.07) is 17.8. The van der Waals surface area contributed by atoms with E-state index < -0.39 is 10.0 Å². The fourth-order valence-electron chi connectivity index (χ4n) is 3.00. The average molecular weight is 489 g/mol. The van der Waals surface area contributed by atoms with Gasteiger partial charge in [0.05, 0.1) is 28.8 Å². The van der Waals surface area contributed by atoms with Crippen LogP contribution in [0, 0.1) is 0 Å². The fourth-order valence-corrected chi connectivity index (χ4v) is 4.38. The summed E-state index contributed by atoms with van der Waals surface area (Å²) in [7, 11) is -2.23. The summed E-state index contributed by atoms with van der Waals surface area (Å²) in [4.78, 5) is 12.7. The zero-order valence-corrected chi connectivity index (χ0v) is 20.0. The van der Waals surface area contributed by atoms with Crippen LogP contribution in [0.15, 0.2) is 71.6 Å². The fraction of sp³-hybridized carbons (Fsp3) is 0.208. The van der Waals surface area contributed by atoms with Gasteiger partial charge in [-0.1, -0.05) is 35.9 Å².